The molecule has 0 aliphatic heterocycles. The van der Waals surface area contributed by atoms with Gasteiger partial charge < -0.3 is 0 Å². The van der Waals surface area contributed by atoms with E-state index in [1.54, 1.807) is 0 Å². The number of aromatic nitrogens is 1. The third-order valence-electron chi connectivity index (χ3n) is 1.05. The van der Waals surface area contributed by atoms with E-state index in [9.17, 15) is 18.0 Å². The van der Waals surface area contributed by atoms with Gasteiger partial charge in [-0.2, -0.15) is 13.2 Å². The van der Waals surface area contributed by atoms with Crippen LogP contribution in [0.2, 0.25) is 0 Å². The Kier molecular flexibility index (Phi) is 2.46. The van der Waals surface area contributed by atoms with Crippen molar-refractivity contribution in [1.82, 2.24) is 4.98 Å². The van der Waals surface area contributed by atoms with E-state index in [1.165, 1.54) is 5.38 Å². The lowest BCUT2D eigenvalue weighted by Gasteiger charge is -2.01. The van der Waals surface area contributed by atoms with Crippen LogP contribution < -0.4 is 0 Å². The average Bonchev–Trinajstić information content (AvgIpc) is 2.32. The lowest BCUT2D eigenvalue weighted by molar-refractivity contribution is -0.127. The van der Waals surface area contributed by atoms with E-state index in [1.807, 2.05) is 0 Å². The SMILES string of the molecule is O=Cc1nc(CC(F)(F)F)cs1. The minimum atomic E-state index is -4.26. The van der Waals surface area contributed by atoms with Crippen LogP contribution in [0.3, 0.4) is 0 Å². The summed E-state index contributed by atoms with van der Waals surface area (Å²) in [4.78, 5) is 13.5. The standard InChI is InChI=1S/C6H4F3NOS/c7-6(8,9)1-4-3-12-5(2-11)10-4/h2-3H,1H2. The summed E-state index contributed by atoms with van der Waals surface area (Å²) in [5, 5.41) is 1.31. The van der Waals surface area contributed by atoms with E-state index in [0.29, 0.717) is 6.29 Å². The Balaban J connectivity index is 2.70. The Bertz CT molecular complexity index is 281. The Hall–Kier alpha value is -0.910. The van der Waals surface area contributed by atoms with Gasteiger partial charge in [0.1, 0.15) is 0 Å². The maximum Gasteiger partial charge on any atom is 0.394 e. The smallest absolute Gasteiger partial charge is 0.295 e. The molecule has 0 aromatic carbocycles. The fourth-order valence-corrected chi connectivity index (χ4v) is 1.28. The summed E-state index contributed by atoms with van der Waals surface area (Å²) in [6.07, 6.45) is -4.89. The molecule has 0 amide bonds. The molecule has 0 atom stereocenters. The Morgan fingerprint density at radius 1 is 1.58 bits per heavy atom. The number of hydrogen-bond acceptors (Lipinski definition) is 3. The summed E-state index contributed by atoms with van der Waals surface area (Å²) >= 11 is 0.911. The number of aldehydes is 1. The van der Waals surface area contributed by atoms with Crippen LogP contribution in [0.15, 0.2) is 5.38 Å². The van der Waals surface area contributed by atoms with Gasteiger partial charge in [0.15, 0.2) is 11.3 Å². The van der Waals surface area contributed by atoms with Crippen LogP contribution in [-0.2, 0) is 6.42 Å². The molecule has 0 bridgehead atoms. The predicted octanol–water partition coefficient (Wildman–Crippen LogP) is 2.06. The van der Waals surface area contributed by atoms with Crippen LogP contribution in [0, 0.1) is 0 Å². The fourth-order valence-electron chi connectivity index (χ4n) is 0.663. The van der Waals surface area contributed by atoms with Crippen molar-refractivity contribution in [3.8, 4) is 0 Å². The fraction of sp³-hybridized carbons (Fsp3) is 0.333. The van der Waals surface area contributed by atoms with Crippen molar-refractivity contribution in [2.75, 3.05) is 0 Å². The van der Waals surface area contributed by atoms with Crippen molar-refractivity contribution >= 4 is 17.6 Å². The molecule has 0 N–H and O–H groups in total. The van der Waals surface area contributed by atoms with E-state index in [-0.39, 0.29) is 10.7 Å². The van der Waals surface area contributed by atoms with Crippen molar-refractivity contribution in [3.63, 3.8) is 0 Å². The number of rotatable bonds is 2. The molecule has 2 nitrogen and oxygen atoms in total. The highest BCUT2D eigenvalue weighted by Gasteiger charge is 2.28. The molecule has 0 fully saturated rings. The molecule has 6 heteroatoms. The molecule has 0 aliphatic rings. The van der Waals surface area contributed by atoms with Gasteiger partial charge >= 0.3 is 6.18 Å². The highest BCUT2D eigenvalue weighted by molar-refractivity contribution is 7.11. The zero-order valence-corrected chi connectivity index (χ0v) is 6.58. The van der Waals surface area contributed by atoms with Gasteiger partial charge in [-0.15, -0.1) is 11.3 Å². The number of carbonyl (C=O) groups is 1. The first-order valence-corrected chi connectivity index (χ1v) is 3.85. The molecule has 1 heterocycles. The minimum Gasteiger partial charge on any atom is -0.295 e. The number of alkyl halides is 3. The summed E-state index contributed by atoms with van der Waals surface area (Å²) in [5.74, 6) is 0. The van der Waals surface area contributed by atoms with E-state index in [0.717, 1.165) is 11.3 Å². The van der Waals surface area contributed by atoms with Crippen molar-refractivity contribution in [2.24, 2.45) is 0 Å². The number of hydrogen-bond donors (Lipinski definition) is 0. The Morgan fingerprint density at radius 2 is 2.25 bits per heavy atom. The van der Waals surface area contributed by atoms with E-state index in [2.05, 4.69) is 4.98 Å². The number of carbonyl (C=O) groups excluding carboxylic acids is 1. The van der Waals surface area contributed by atoms with Crippen LogP contribution in [0.1, 0.15) is 15.5 Å². The quantitative estimate of drug-likeness (QED) is 0.676. The van der Waals surface area contributed by atoms with Crippen LogP contribution in [0.5, 0.6) is 0 Å². The molecular formula is C6H4F3NOS. The highest BCUT2D eigenvalue weighted by Crippen LogP contribution is 2.21. The van der Waals surface area contributed by atoms with E-state index < -0.39 is 12.6 Å². The molecule has 0 unspecified atom stereocenters. The monoisotopic (exact) mass is 195 g/mol. The third kappa shape index (κ3) is 2.61. The summed E-state index contributed by atoms with van der Waals surface area (Å²) in [6.45, 7) is 0. The molecule has 66 valence electrons. The number of thiazole rings is 1. The lowest BCUT2D eigenvalue weighted by atomic mass is 10.3. The summed E-state index contributed by atoms with van der Waals surface area (Å²) in [5.41, 5.74) is -0.102. The first-order chi connectivity index (χ1) is 5.51. The lowest BCUT2D eigenvalue weighted by Crippen LogP contribution is -2.11. The van der Waals surface area contributed by atoms with Crippen molar-refractivity contribution in [3.05, 3.63) is 16.1 Å². The average molecular weight is 195 g/mol. The van der Waals surface area contributed by atoms with Crippen molar-refractivity contribution in [1.29, 1.82) is 0 Å². The van der Waals surface area contributed by atoms with Gasteiger partial charge in [-0.1, -0.05) is 0 Å². The number of nitrogens with zero attached hydrogens (tertiary/aromatic N) is 1. The van der Waals surface area contributed by atoms with Crippen LogP contribution in [-0.4, -0.2) is 17.4 Å². The Labute approximate surface area is 70.0 Å². The summed E-state index contributed by atoms with van der Waals surface area (Å²) in [7, 11) is 0. The summed E-state index contributed by atoms with van der Waals surface area (Å²) < 4.78 is 35.2. The van der Waals surface area contributed by atoms with Gasteiger partial charge in [0.25, 0.3) is 0 Å². The molecule has 1 aromatic heterocycles. The molecule has 0 saturated carbocycles. The molecule has 0 aliphatic carbocycles. The minimum absolute atomic E-state index is 0.0780. The number of halogens is 3. The topological polar surface area (TPSA) is 30.0 Å². The van der Waals surface area contributed by atoms with Crippen LogP contribution in [0.25, 0.3) is 0 Å². The van der Waals surface area contributed by atoms with Gasteiger partial charge in [-0.05, 0) is 0 Å². The van der Waals surface area contributed by atoms with Gasteiger partial charge in [0, 0.05) is 5.38 Å². The summed E-state index contributed by atoms with van der Waals surface area (Å²) in [6, 6.07) is 0. The third-order valence-corrected chi connectivity index (χ3v) is 1.87. The van der Waals surface area contributed by atoms with Gasteiger partial charge in [-0.3, -0.25) is 4.79 Å². The Morgan fingerprint density at radius 3 is 2.67 bits per heavy atom. The predicted molar refractivity (Wildman–Crippen MR) is 37.3 cm³/mol. The maximum absolute atomic E-state index is 11.7. The second-order valence-corrected chi connectivity index (χ2v) is 2.98. The first kappa shape index (κ1) is 9.18. The van der Waals surface area contributed by atoms with Gasteiger partial charge in [-0.25, -0.2) is 4.98 Å². The zero-order chi connectivity index (χ0) is 9.19. The molecule has 1 rings (SSSR count). The molecule has 12 heavy (non-hydrogen) atoms. The molecular weight excluding hydrogens is 191 g/mol. The van der Waals surface area contributed by atoms with Crippen molar-refractivity contribution < 1.29 is 18.0 Å². The zero-order valence-electron chi connectivity index (χ0n) is 5.76. The maximum atomic E-state index is 11.7. The normalized spacial score (nSPS) is 11.6. The highest BCUT2D eigenvalue weighted by atomic mass is 32.1. The molecule has 0 spiro atoms. The van der Waals surface area contributed by atoms with Crippen LogP contribution >= 0.6 is 11.3 Å². The van der Waals surface area contributed by atoms with Gasteiger partial charge in [0.05, 0.1) is 12.1 Å². The second kappa shape index (κ2) is 3.22. The second-order valence-electron chi connectivity index (χ2n) is 2.09. The van der Waals surface area contributed by atoms with E-state index in [4.69, 9.17) is 0 Å². The molecule has 0 saturated heterocycles. The van der Waals surface area contributed by atoms with Crippen molar-refractivity contribution in [2.45, 2.75) is 12.6 Å². The van der Waals surface area contributed by atoms with Crippen LogP contribution in [0.4, 0.5) is 13.2 Å². The molecule has 1 aromatic rings. The van der Waals surface area contributed by atoms with Gasteiger partial charge in [0.2, 0.25) is 0 Å². The van der Waals surface area contributed by atoms with E-state index >= 15 is 0 Å². The first-order valence-electron chi connectivity index (χ1n) is 2.97. The molecule has 0 radical (unpaired) electrons. The largest absolute Gasteiger partial charge is 0.394 e.